The van der Waals surface area contributed by atoms with E-state index in [0.717, 1.165) is 19.0 Å². The van der Waals surface area contributed by atoms with Gasteiger partial charge in [0, 0.05) is 20.1 Å². The molecule has 0 spiro atoms. The molecule has 0 amide bonds. The standard InChI is InChI=1S/C24H30N6O.HI/c1-18-7-8-22(19(2)11-18)23-15-29(9-10-31-23)24(25-3)27-13-20-5-4-6-21(12-20)14-30-17-26-16-28-30;/h4-8,11-12,16-17,23H,9-10,13-15H2,1-3H3,(H,25,27);1H. The highest BCUT2D eigenvalue weighted by Crippen LogP contribution is 2.26. The summed E-state index contributed by atoms with van der Waals surface area (Å²) in [6.45, 7) is 8.00. The molecule has 8 heteroatoms. The molecule has 1 aromatic heterocycles. The molecule has 0 radical (unpaired) electrons. The lowest BCUT2D eigenvalue weighted by molar-refractivity contribution is -0.00834. The Morgan fingerprint density at radius 1 is 1.19 bits per heavy atom. The summed E-state index contributed by atoms with van der Waals surface area (Å²) in [6.07, 6.45) is 3.35. The topological polar surface area (TPSA) is 67.6 Å². The minimum Gasteiger partial charge on any atom is -0.370 e. The van der Waals surface area contributed by atoms with Gasteiger partial charge >= 0.3 is 0 Å². The fourth-order valence-corrected chi connectivity index (χ4v) is 4.07. The van der Waals surface area contributed by atoms with Crippen molar-refractivity contribution < 1.29 is 4.74 Å². The van der Waals surface area contributed by atoms with Crippen molar-refractivity contribution in [2.45, 2.75) is 33.0 Å². The van der Waals surface area contributed by atoms with Gasteiger partial charge in [-0.15, -0.1) is 24.0 Å². The van der Waals surface area contributed by atoms with Crippen LogP contribution in [0.5, 0.6) is 0 Å². The number of aryl methyl sites for hydroxylation is 2. The highest BCUT2D eigenvalue weighted by atomic mass is 127. The quantitative estimate of drug-likeness (QED) is 0.300. The summed E-state index contributed by atoms with van der Waals surface area (Å²) in [5, 5.41) is 7.71. The number of hydrogen-bond donors (Lipinski definition) is 1. The lowest BCUT2D eigenvalue weighted by atomic mass is 10.00. The Kier molecular flexibility index (Phi) is 8.63. The van der Waals surface area contributed by atoms with Crippen molar-refractivity contribution in [3.05, 3.63) is 82.9 Å². The molecule has 2 heterocycles. The predicted molar refractivity (Wildman–Crippen MR) is 137 cm³/mol. The summed E-state index contributed by atoms with van der Waals surface area (Å²) in [4.78, 5) is 10.8. The monoisotopic (exact) mass is 546 g/mol. The number of halogens is 1. The highest BCUT2D eigenvalue weighted by molar-refractivity contribution is 14.0. The first-order valence-corrected chi connectivity index (χ1v) is 10.7. The average molecular weight is 546 g/mol. The van der Waals surface area contributed by atoms with Crippen molar-refractivity contribution in [2.75, 3.05) is 26.7 Å². The molecule has 1 unspecified atom stereocenters. The molecule has 0 aliphatic carbocycles. The maximum Gasteiger partial charge on any atom is 0.194 e. The van der Waals surface area contributed by atoms with E-state index in [0.29, 0.717) is 19.7 Å². The Bertz CT molecular complexity index is 1040. The average Bonchev–Trinajstić information content (AvgIpc) is 3.28. The molecule has 1 saturated heterocycles. The zero-order valence-corrected chi connectivity index (χ0v) is 21.2. The van der Waals surface area contributed by atoms with E-state index >= 15 is 0 Å². The van der Waals surface area contributed by atoms with Gasteiger partial charge in [0.2, 0.25) is 0 Å². The van der Waals surface area contributed by atoms with E-state index in [9.17, 15) is 0 Å². The number of hydrogen-bond acceptors (Lipinski definition) is 4. The van der Waals surface area contributed by atoms with Crippen molar-refractivity contribution in [3.63, 3.8) is 0 Å². The SMILES string of the molecule is CN=C(NCc1cccc(Cn2cncn2)c1)N1CCOC(c2ccc(C)cc2C)C1.I. The van der Waals surface area contributed by atoms with Crippen molar-refractivity contribution in [1.82, 2.24) is 25.0 Å². The van der Waals surface area contributed by atoms with Crippen molar-refractivity contribution in [2.24, 2.45) is 4.99 Å². The fourth-order valence-electron chi connectivity index (χ4n) is 4.07. The van der Waals surface area contributed by atoms with Crippen LogP contribution < -0.4 is 5.32 Å². The van der Waals surface area contributed by atoms with E-state index in [4.69, 9.17) is 4.74 Å². The summed E-state index contributed by atoms with van der Waals surface area (Å²) in [5.41, 5.74) is 6.21. The minimum atomic E-state index is 0. The first-order valence-electron chi connectivity index (χ1n) is 10.7. The van der Waals surface area contributed by atoms with Crippen LogP contribution in [-0.2, 0) is 17.8 Å². The molecule has 2 aromatic carbocycles. The number of nitrogens with zero attached hydrogens (tertiary/aromatic N) is 5. The van der Waals surface area contributed by atoms with E-state index in [1.165, 1.54) is 27.8 Å². The Hall–Kier alpha value is -2.46. The molecule has 170 valence electrons. The third-order valence-electron chi connectivity index (χ3n) is 5.60. The third kappa shape index (κ3) is 6.07. The molecule has 1 fully saturated rings. The first kappa shape index (κ1) is 24.2. The molecular weight excluding hydrogens is 515 g/mol. The number of aromatic nitrogens is 3. The second-order valence-electron chi connectivity index (χ2n) is 7.98. The van der Waals surface area contributed by atoms with Gasteiger partial charge in [0.1, 0.15) is 18.8 Å². The zero-order valence-electron chi connectivity index (χ0n) is 18.9. The normalized spacial score (nSPS) is 16.5. The lowest BCUT2D eigenvalue weighted by Crippen LogP contribution is -2.48. The number of morpholine rings is 1. The number of benzene rings is 2. The van der Waals surface area contributed by atoms with Crippen LogP contribution in [-0.4, -0.2) is 52.4 Å². The van der Waals surface area contributed by atoms with Crippen LogP contribution in [0.15, 0.2) is 60.1 Å². The van der Waals surface area contributed by atoms with Gasteiger partial charge in [-0.2, -0.15) is 5.10 Å². The van der Waals surface area contributed by atoms with E-state index in [2.05, 4.69) is 81.6 Å². The smallest absolute Gasteiger partial charge is 0.194 e. The molecule has 0 bridgehead atoms. The number of rotatable bonds is 5. The number of nitrogens with one attached hydrogen (secondary N) is 1. The zero-order chi connectivity index (χ0) is 21.6. The predicted octanol–water partition coefficient (Wildman–Crippen LogP) is 3.71. The van der Waals surface area contributed by atoms with E-state index in [1.54, 1.807) is 12.7 Å². The molecule has 1 atom stereocenters. The minimum absolute atomic E-state index is 0. The molecular formula is C24H31IN6O. The Balaban J connectivity index is 0.00000289. The fraction of sp³-hybridized carbons (Fsp3) is 0.375. The third-order valence-corrected chi connectivity index (χ3v) is 5.60. The van der Waals surface area contributed by atoms with Gasteiger partial charge in [-0.25, -0.2) is 9.67 Å². The second kappa shape index (κ2) is 11.4. The Labute approximate surface area is 206 Å². The molecule has 0 saturated carbocycles. The van der Waals surface area contributed by atoms with E-state index in [1.807, 2.05) is 11.7 Å². The van der Waals surface area contributed by atoms with Gasteiger partial charge in [-0.3, -0.25) is 4.99 Å². The van der Waals surface area contributed by atoms with Gasteiger partial charge in [0.15, 0.2) is 5.96 Å². The summed E-state index contributed by atoms with van der Waals surface area (Å²) >= 11 is 0. The Morgan fingerprint density at radius 2 is 2.03 bits per heavy atom. The first-order chi connectivity index (χ1) is 15.1. The van der Waals surface area contributed by atoms with Gasteiger partial charge in [0.25, 0.3) is 0 Å². The molecule has 7 nitrogen and oxygen atoms in total. The maximum absolute atomic E-state index is 6.10. The maximum atomic E-state index is 6.10. The summed E-state index contributed by atoms with van der Waals surface area (Å²) in [7, 11) is 1.84. The molecule has 1 aliphatic rings. The van der Waals surface area contributed by atoms with E-state index in [-0.39, 0.29) is 30.1 Å². The summed E-state index contributed by atoms with van der Waals surface area (Å²) < 4.78 is 7.93. The van der Waals surface area contributed by atoms with Gasteiger partial charge in [0.05, 0.1) is 19.7 Å². The molecule has 3 aromatic rings. The van der Waals surface area contributed by atoms with Crippen LogP contribution in [0.1, 0.15) is 33.9 Å². The summed E-state index contributed by atoms with van der Waals surface area (Å²) in [6, 6.07) is 15.1. The molecule has 1 aliphatic heterocycles. The van der Waals surface area contributed by atoms with E-state index < -0.39 is 0 Å². The van der Waals surface area contributed by atoms with Gasteiger partial charge in [-0.1, -0.05) is 48.0 Å². The van der Waals surface area contributed by atoms with Crippen molar-refractivity contribution >= 4 is 29.9 Å². The molecule has 1 N–H and O–H groups in total. The number of ether oxygens (including phenoxy) is 1. The largest absolute Gasteiger partial charge is 0.370 e. The van der Waals surface area contributed by atoms with Crippen LogP contribution in [0.2, 0.25) is 0 Å². The number of aliphatic imine (C=N–C) groups is 1. The van der Waals surface area contributed by atoms with Gasteiger partial charge < -0.3 is 15.0 Å². The highest BCUT2D eigenvalue weighted by Gasteiger charge is 2.25. The van der Waals surface area contributed by atoms with Crippen LogP contribution in [0, 0.1) is 13.8 Å². The van der Waals surface area contributed by atoms with Crippen molar-refractivity contribution in [3.8, 4) is 0 Å². The number of guanidine groups is 1. The van der Waals surface area contributed by atoms with Gasteiger partial charge in [-0.05, 0) is 36.1 Å². The lowest BCUT2D eigenvalue weighted by Gasteiger charge is -2.36. The summed E-state index contributed by atoms with van der Waals surface area (Å²) in [5.74, 6) is 0.903. The molecule has 4 rings (SSSR count). The van der Waals surface area contributed by atoms with Crippen LogP contribution in [0.3, 0.4) is 0 Å². The second-order valence-corrected chi connectivity index (χ2v) is 7.98. The van der Waals surface area contributed by atoms with Crippen LogP contribution in [0.25, 0.3) is 0 Å². The van der Waals surface area contributed by atoms with Crippen LogP contribution in [0.4, 0.5) is 0 Å². The van der Waals surface area contributed by atoms with Crippen molar-refractivity contribution in [1.29, 1.82) is 0 Å². The van der Waals surface area contributed by atoms with Crippen LogP contribution >= 0.6 is 24.0 Å². The molecule has 32 heavy (non-hydrogen) atoms. The Morgan fingerprint density at radius 3 is 2.78 bits per heavy atom.